The van der Waals surface area contributed by atoms with Crippen LogP contribution in [0.5, 0.6) is 0 Å². The minimum absolute atomic E-state index is 0.0596. The quantitative estimate of drug-likeness (QED) is 0.660. The highest BCUT2D eigenvalue weighted by Crippen LogP contribution is 2.37. The van der Waals surface area contributed by atoms with Gasteiger partial charge in [0.25, 0.3) is 0 Å². The first-order chi connectivity index (χ1) is 14.9. The average molecular weight is 462 g/mol. The number of rotatable bonds is 7. The molecule has 1 heterocycles. The summed E-state index contributed by atoms with van der Waals surface area (Å²) < 4.78 is 0. The maximum Gasteiger partial charge on any atom is 0.248 e. The lowest BCUT2D eigenvalue weighted by Gasteiger charge is -2.32. The van der Waals surface area contributed by atoms with Crippen LogP contribution in [-0.4, -0.2) is 45.7 Å². The van der Waals surface area contributed by atoms with Crippen molar-refractivity contribution in [2.45, 2.75) is 44.7 Å². The van der Waals surface area contributed by atoms with Crippen LogP contribution in [0.15, 0.2) is 48.5 Å². The molecule has 0 aromatic heterocycles. The number of hydrogen-bond donors (Lipinski definition) is 2. The van der Waals surface area contributed by atoms with Crippen LogP contribution in [0.1, 0.15) is 36.9 Å². The molecule has 4 rings (SSSR count). The van der Waals surface area contributed by atoms with Crippen molar-refractivity contribution in [3.05, 3.63) is 69.7 Å². The molecule has 0 spiro atoms. The summed E-state index contributed by atoms with van der Waals surface area (Å²) in [6, 6.07) is 13.9. The monoisotopic (exact) mass is 461 g/mol. The van der Waals surface area contributed by atoms with Gasteiger partial charge in [0.2, 0.25) is 11.8 Å². The van der Waals surface area contributed by atoms with Crippen molar-refractivity contribution < 1.29 is 14.7 Å². The molecule has 2 unspecified atom stereocenters. The number of aliphatic hydroxyl groups is 1. The maximum atomic E-state index is 13.3. The van der Waals surface area contributed by atoms with Gasteiger partial charge in [-0.3, -0.25) is 19.8 Å². The Morgan fingerprint density at radius 3 is 2.42 bits per heavy atom. The molecule has 3 atom stereocenters. The lowest BCUT2D eigenvalue weighted by atomic mass is 10.1. The fourth-order valence-corrected chi connectivity index (χ4v) is 4.68. The Hall–Kier alpha value is -2.12. The van der Waals surface area contributed by atoms with Gasteiger partial charge >= 0.3 is 0 Å². The van der Waals surface area contributed by atoms with Gasteiger partial charge in [0.1, 0.15) is 12.6 Å². The molecule has 2 aromatic carbocycles. The van der Waals surface area contributed by atoms with Gasteiger partial charge in [-0.05, 0) is 43.4 Å². The van der Waals surface area contributed by atoms with E-state index in [4.69, 9.17) is 23.2 Å². The second-order valence-electron chi connectivity index (χ2n) is 8.16. The fraction of sp³-hybridized carbons (Fsp3) is 0.391. The molecule has 1 aliphatic heterocycles. The molecule has 0 radical (unpaired) electrons. The lowest BCUT2D eigenvalue weighted by Crippen LogP contribution is -2.48. The Morgan fingerprint density at radius 2 is 1.81 bits per heavy atom. The second kappa shape index (κ2) is 9.17. The van der Waals surface area contributed by atoms with Crippen LogP contribution >= 0.6 is 23.2 Å². The number of nitrogens with zero attached hydrogens (tertiary/aromatic N) is 2. The zero-order chi connectivity index (χ0) is 22.1. The standard InChI is InChI=1S/C23H25Cl2N3O3/c1-14(16-10-11-16)27(12-15-6-3-2-4-7-15)19(29)13-28-22(30)21(26-23(28)31)20-17(24)8-5-9-18(20)25/h2-9,14,16,21,23,26,31H,10-13H2,1H3/t14-,21?,23?/m0/s1. The van der Waals surface area contributed by atoms with Crippen LogP contribution in [-0.2, 0) is 16.1 Å². The molecule has 31 heavy (non-hydrogen) atoms. The molecule has 2 fully saturated rings. The van der Waals surface area contributed by atoms with E-state index < -0.39 is 18.3 Å². The first-order valence-corrected chi connectivity index (χ1v) is 11.1. The molecule has 0 bridgehead atoms. The Labute approximate surface area is 191 Å². The van der Waals surface area contributed by atoms with Crippen LogP contribution in [0, 0.1) is 5.92 Å². The van der Waals surface area contributed by atoms with Crippen molar-refractivity contribution in [3.63, 3.8) is 0 Å². The predicted octanol–water partition coefficient (Wildman–Crippen LogP) is 3.57. The number of halogens is 2. The number of carbonyl (C=O) groups excluding carboxylic acids is 2. The zero-order valence-electron chi connectivity index (χ0n) is 17.2. The molecule has 8 heteroatoms. The Balaban J connectivity index is 1.52. The lowest BCUT2D eigenvalue weighted by molar-refractivity contribution is -0.146. The van der Waals surface area contributed by atoms with Gasteiger partial charge in [0.05, 0.1) is 0 Å². The van der Waals surface area contributed by atoms with Gasteiger partial charge < -0.3 is 10.0 Å². The van der Waals surface area contributed by atoms with E-state index in [1.54, 1.807) is 18.2 Å². The summed E-state index contributed by atoms with van der Waals surface area (Å²) in [4.78, 5) is 29.3. The fourth-order valence-electron chi connectivity index (χ4n) is 4.06. The average Bonchev–Trinajstić information content (AvgIpc) is 3.56. The molecule has 6 nitrogen and oxygen atoms in total. The molecule has 164 valence electrons. The molecule has 2 aliphatic rings. The van der Waals surface area contributed by atoms with Gasteiger partial charge in [0, 0.05) is 28.2 Å². The zero-order valence-corrected chi connectivity index (χ0v) is 18.7. The molecular weight excluding hydrogens is 437 g/mol. The van der Waals surface area contributed by atoms with E-state index in [2.05, 4.69) is 5.32 Å². The maximum absolute atomic E-state index is 13.3. The van der Waals surface area contributed by atoms with Crippen molar-refractivity contribution in [2.24, 2.45) is 5.92 Å². The van der Waals surface area contributed by atoms with Crippen molar-refractivity contribution in [1.29, 1.82) is 0 Å². The molecule has 2 amide bonds. The van der Waals surface area contributed by atoms with Crippen molar-refractivity contribution in [1.82, 2.24) is 15.1 Å². The summed E-state index contributed by atoms with van der Waals surface area (Å²) >= 11 is 12.5. The molecule has 1 saturated heterocycles. The summed E-state index contributed by atoms with van der Waals surface area (Å²) in [6.45, 7) is 2.28. The van der Waals surface area contributed by atoms with Crippen LogP contribution < -0.4 is 5.32 Å². The van der Waals surface area contributed by atoms with E-state index in [0.717, 1.165) is 23.3 Å². The van der Waals surface area contributed by atoms with E-state index in [9.17, 15) is 14.7 Å². The van der Waals surface area contributed by atoms with Gasteiger partial charge in [-0.2, -0.15) is 0 Å². The highest BCUT2D eigenvalue weighted by Gasteiger charge is 2.43. The smallest absolute Gasteiger partial charge is 0.248 e. The van der Waals surface area contributed by atoms with Gasteiger partial charge in [-0.1, -0.05) is 59.6 Å². The summed E-state index contributed by atoms with van der Waals surface area (Å²) in [6.07, 6.45) is 0.892. The van der Waals surface area contributed by atoms with Gasteiger partial charge in [-0.15, -0.1) is 0 Å². The molecule has 1 aliphatic carbocycles. The second-order valence-corrected chi connectivity index (χ2v) is 8.97. The number of aliphatic hydroxyl groups excluding tert-OH is 1. The third-order valence-electron chi connectivity index (χ3n) is 6.05. The topological polar surface area (TPSA) is 72.9 Å². The number of carbonyl (C=O) groups is 2. The number of hydrogen-bond acceptors (Lipinski definition) is 4. The number of nitrogens with one attached hydrogen (secondary N) is 1. The normalized spacial score (nSPS) is 21.9. The number of amides is 2. The number of benzene rings is 2. The Bertz CT molecular complexity index is 948. The van der Waals surface area contributed by atoms with Crippen LogP contribution in [0.25, 0.3) is 0 Å². The van der Waals surface area contributed by atoms with E-state index in [0.29, 0.717) is 28.1 Å². The molecule has 1 saturated carbocycles. The van der Waals surface area contributed by atoms with E-state index in [-0.39, 0.29) is 18.5 Å². The van der Waals surface area contributed by atoms with Crippen molar-refractivity contribution >= 4 is 35.0 Å². The Kier molecular flexibility index (Phi) is 6.53. The Morgan fingerprint density at radius 1 is 1.16 bits per heavy atom. The molecule has 2 aromatic rings. The van der Waals surface area contributed by atoms with E-state index in [1.165, 1.54) is 0 Å². The van der Waals surface area contributed by atoms with Crippen molar-refractivity contribution in [2.75, 3.05) is 6.54 Å². The summed E-state index contributed by atoms with van der Waals surface area (Å²) in [5.74, 6) is -0.169. The molecular formula is C23H25Cl2N3O3. The van der Waals surface area contributed by atoms with E-state index in [1.807, 2.05) is 42.2 Å². The summed E-state index contributed by atoms with van der Waals surface area (Å²) in [5, 5.41) is 13.9. The third-order valence-corrected chi connectivity index (χ3v) is 6.71. The van der Waals surface area contributed by atoms with Crippen LogP contribution in [0.3, 0.4) is 0 Å². The van der Waals surface area contributed by atoms with E-state index >= 15 is 0 Å². The molecule has 2 N–H and O–H groups in total. The van der Waals surface area contributed by atoms with Crippen molar-refractivity contribution in [3.8, 4) is 0 Å². The SMILES string of the molecule is C[C@@H](C1CC1)N(Cc1ccccc1)C(=O)CN1C(=O)C(c2c(Cl)cccc2Cl)NC1O. The highest BCUT2D eigenvalue weighted by atomic mass is 35.5. The van der Waals surface area contributed by atoms with Crippen LogP contribution in [0.4, 0.5) is 0 Å². The third kappa shape index (κ3) is 4.72. The minimum Gasteiger partial charge on any atom is -0.361 e. The largest absolute Gasteiger partial charge is 0.361 e. The highest BCUT2D eigenvalue weighted by molar-refractivity contribution is 6.36. The minimum atomic E-state index is -1.30. The van der Waals surface area contributed by atoms with Gasteiger partial charge in [0.15, 0.2) is 6.35 Å². The summed E-state index contributed by atoms with van der Waals surface area (Å²) in [5.41, 5.74) is 1.42. The van der Waals surface area contributed by atoms with Gasteiger partial charge in [-0.25, -0.2) is 0 Å². The summed E-state index contributed by atoms with van der Waals surface area (Å²) in [7, 11) is 0. The predicted molar refractivity (Wildman–Crippen MR) is 119 cm³/mol. The first kappa shape index (κ1) is 22.1. The first-order valence-electron chi connectivity index (χ1n) is 10.4. The van der Waals surface area contributed by atoms with Crippen LogP contribution in [0.2, 0.25) is 10.0 Å².